The third kappa shape index (κ3) is 2.28. The molecule has 0 radical (unpaired) electrons. The van der Waals surface area contributed by atoms with E-state index in [-0.39, 0.29) is 12.6 Å². The highest BCUT2D eigenvalue weighted by molar-refractivity contribution is 5.39. The second-order valence-corrected chi connectivity index (χ2v) is 4.72. The lowest BCUT2D eigenvalue weighted by Gasteiger charge is -2.19. The Morgan fingerprint density at radius 1 is 1.41 bits per heavy atom. The highest BCUT2D eigenvalue weighted by Crippen LogP contribution is 2.28. The van der Waals surface area contributed by atoms with Crippen LogP contribution >= 0.6 is 0 Å². The molecule has 1 aromatic rings. The van der Waals surface area contributed by atoms with Gasteiger partial charge in [0.1, 0.15) is 11.6 Å². The first-order valence-electron chi connectivity index (χ1n) is 6.05. The Hall–Kier alpha value is -1.13. The molecule has 3 nitrogen and oxygen atoms in total. The first-order valence-corrected chi connectivity index (χ1v) is 6.05. The Bertz CT molecular complexity index is 416. The summed E-state index contributed by atoms with van der Waals surface area (Å²) in [7, 11) is 0. The van der Waals surface area contributed by atoms with Crippen LogP contribution in [0.15, 0.2) is 12.1 Å². The molecule has 0 aromatic heterocycles. The summed E-state index contributed by atoms with van der Waals surface area (Å²) < 4.78 is 24.4. The molecule has 0 aliphatic carbocycles. The predicted octanol–water partition coefficient (Wildman–Crippen LogP) is 1.84. The SMILES string of the molecule is Fc1cc2c(cc1CC1CCNC1)OCOC2. The fourth-order valence-corrected chi connectivity index (χ4v) is 2.50. The molecule has 2 aliphatic rings. The van der Waals surface area contributed by atoms with E-state index < -0.39 is 0 Å². The largest absolute Gasteiger partial charge is 0.467 e. The molecule has 2 heterocycles. The van der Waals surface area contributed by atoms with E-state index in [1.54, 1.807) is 6.07 Å². The minimum atomic E-state index is -0.134. The van der Waals surface area contributed by atoms with E-state index in [1.165, 1.54) is 0 Å². The molecular weight excluding hydrogens is 221 g/mol. The van der Waals surface area contributed by atoms with Crippen LogP contribution in [-0.4, -0.2) is 19.9 Å². The maximum atomic E-state index is 13.9. The Kier molecular flexibility index (Phi) is 2.99. The van der Waals surface area contributed by atoms with Crippen molar-refractivity contribution in [2.24, 2.45) is 5.92 Å². The first kappa shape index (κ1) is 11.0. The van der Waals surface area contributed by atoms with Crippen LogP contribution in [0.4, 0.5) is 4.39 Å². The topological polar surface area (TPSA) is 30.5 Å². The van der Waals surface area contributed by atoms with Gasteiger partial charge in [-0.1, -0.05) is 0 Å². The second kappa shape index (κ2) is 4.63. The average Bonchev–Trinajstić information content (AvgIpc) is 2.83. The third-order valence-electron chi connectivity index (χ3n) is 3.46. The molecule has 1 fully saturated rings. The van der Waals surface area contributed by atoms with Crippen LogP contribution in [0.25, 0.3) is 0 Å². The Morgan fingerprint density at radius 3 is 3.18 bits per heavy atom. The average molecular weight is 237 g/mol. The van der Waals surface area contributed by atoms with Crippen LogP contribution in [-0.2, 0) is 17.8 Å². The van der Waals surface area contributed by atoms with Crippen molar-refractivity contribution in [3.63, 3.8) is 0 Å². The summed E-state index contributed by atoms with van der Waals surface area (Å²) >= 11 is 0. The summed E-state index contributed by atoms with van der Waals surface area (Å²) in [6.07, 6.45) is 1.91. The normalized spacial score (nSPS) is 23.2. The summed E-state index contributed by atoms with van der Waals surface area (Å²) in [6.45, 7) is 2.74. The molecule has 1 N–H and O–H groups in total. The fourth-order valence-electron chi connectivity index (χ4n) is 2.50. The Labute approximate surface area is 99.9 Å². The number of rotatable bonds is 2. The molecule has 0 bridgehead atoms. The first-order chi connectivity index (χ1) is 8.33. The van der Waals surface area contributed by atoms with E-state index >= 15 is 0 Å². The summed E-state index contributed by atoms with van der Waals surface area (Å²) in [5.74, 6) is 1.19. The van der Waals surface area contributed by atoms with Gasteiger partial charge in [-0.25, -0.2) is 4.39 Å². The monoisotopic (exact) mass is 237 g/mol. The fraction of sp³-hybridized carbons (Fsp3) is 0.538. The van der Waals surface area contributed by atoms with E-state index in [4.69, 9.17) is 9.47 Å². The number of hydrogen-bond acceptors (Lipinski definition) is 3. The number of nitrogens with one attached hydrogen (secondary N) is 1. The standard InChI is InChI=1S/C13H16FNO2/c14-12-4-11-7-16-8-17-13(11)5-10(12)3-9-1-2-15-6-9/h4-5,9,15H,1-3,6-8H2. The lowest BCUT2D eigenvalue weighted by Crippen LogP contribution is -2.14. The molecule has 0 spiro atoms. The van der Waals surface area contributed by atoms with E-state index in [9.17, 15) is 4.39 Å². The highest BCUT2D eigenvalue weighted by Gasteiger charge is 2.20. The van der Waals surface area contributed by atoms with Gasteiger partial charge in [-0.15, -0.1) is 0 Å². The van der Waals surface area contributed by atoms with Crippen LogP contribution in [0, 0.1) is 11.7 Å². The van der Waals surface area contributed by atoms with Gasteiger partial charge in [0.25, 0.3) is 0 Å². The Balaban J connectivity index is 1.83. The number of benzene rings is 1. The van der Waals surface area contributed by atoms with Gasteiger partial charge in [0, 0.05) is 5.56 Å². The Morgan fingerprint density at radius 2 is 2.35 bits per heavy atom. The predicted molar refractivity (Wildman–Crippen MR) is 61.4 cm³/mol. The number of hydrogen-bond donors (Lipinski definition) is 1. The molecule has 0 amide bonds. The molecule has 92 valence electrons. The second-order valence-electron chi connectivity index (χ2n) is 4.72. The molecule has 17 heavy (non-hydrogen) atoms. The third-order valence-corrected chi connectivity index (χ3v) is 3.46. The van der Waals surface area contributed by atoms with Crippen molar-refractivity contribution in [3.05, 3.63) is 29.1 Å². The molecule has 0 saturated carbocycles. The molecule has 4 heteroatoms. The quantitative estimate of drug-likeness (QED) is 0.851. The van der Waals surface area contributed by atoms with Crippen LogP contribution < -0.4 is 10.1 Å². The van der Waals surface area contributed by atoms with Gasteiger partial charge in [0.15, 0.2) is 6.79 Å². The van der Waals surface area contributed by atoms with Gasteiger partial charge in [-0.2, -0.15) is 0 Å². The van der Waals surface area contributed by atoms with Crippen molar-refractivity contribution in [2.45, 2.75) is 19.4 Å². The summed E-state index contributed by atoms with van der Waals surface area (Å²) in [5.41, 5.74) is 1.57. The molecule has 3 rings (SSSR count). The smallest absolute Gasteiger partial charge is 0.189 e. The van der Waals surface area contributed by atoms with E-state index in [2.05, 4.69) is 5.32 Å². The zero-order chi connectivity index (χ0) is 11.7. The maximum absolute atomic E-state index is 13.9. The maximum Gasteiger partial charge on any atom is 0.189 e. The van der Waals surface area contributed by atoms with Crippen molar-refractivity contribution < 1.29 is 13.9 Å². The molecule has 1 atom stereocenters. The lowest BCUT2D eigenvalue weighted by molar-refractivity contribution is -0.0166. The van der Waals surface area contributed by atoms with Crippen LogP contribution in [0.3, 0.4) is 0 Å². The van der Waals surface area contributed by atoms with Crippen molar-refractivity contribution in [1.82, 2.24) is 5.32 Å². The van der Waals surface area contributed by atoms with Crippen LogP contribution in [0.5, 0.6) is 5.75 Å². The molecule has 1 unspecified atom stereocenters. The van der Waals surface area contributed by atoms with Crippen molar-refractivity contribution in [2.75, 3.05) is 19.9 Å². The minimum Gasteiger partial charge on any atom is -0.467 e. The van der Waals surface area contributed by atoms with Gasteiger partial charge in [-0.3, -0.25) is 0 Å². The highest BCUT2D eigenvalue weighted by atomic mass is 19.1. The van der Waals surface area contributed by atoms with Gasteiger partial charge in [0.05, 0.1) is 6.61 Å². The summed E-state index contributed by atoms with van der Waals surface area (Å²) in [5, 5.41) is 3.30. The number of halogens is 1. The minimum absolute atomic E-state index is 0.134. The molecule has 1 saturated heterocycles. The van der Waals surface area contributed by atoms with E-state index in [0.717, 1.165) is 42.8 Å². The number of fused-ring (bicyclic) bond motifs is 1. The molecule has 1 aromatic carbocycles. The van der Waals surface area contributed by atoms with Gasteiger partial charge < -0.3 is 14.8 Å². The van der Waals surface area contributed by atoms with Gasteiger partial charge in [0.2, 0.25) is 0 Å². The van der Waals surface area contributed by atoms with Crippen molar-refractivity contribution in [1.29, 1.82) is 0 Å². The molecular formula is C13H16FNO2. The van der Waals surface area contributed by atoms with Crippen molar-refractivity contribution in [3.8, 4) is 5.75 Å². The van der Waals surface area contributed by atoms with Gasteiger partial charge in [-0.05, 0) is 49.5 Å². The van der Waals surface area contributed by atoms with Gasteiger partial charge >= 0.3 is 0 Å². The zero-order valence-electron chi connectivity index (χ0n) is 9.67. The van der Waals surface area contributed by atoms with E-state index in [0.29, 0.717) is 12.5 Å². The summed E-state index contributed by atoms with van der Waals surface area (Å²) in [6, 6.07) is 3.39. The van der Waals surface area contributed by atoms with Crippen LogP contribution in [0.2, 0.25) is 0 Å². The summed E-state index contributed by atoms with van der Waals surface area (Å²) in [4.78, 5) is 0. The lowest BCUT2D eigenvalue weighted by atomic mass is 9.97. The number of ether oxygens (including phenoxy) is 2. The zero-order valence-corrected chi connectivity index (χ0v) is 9.67. The van der Waals surface area contributed by atoms with E-state index in [1.807, 2.05) is 6.07 Å². The van der Waals surface area contributed by atoms with Crippen molar-refractivity contribution >= 4 is 0 Å². The molecule has 2 aliphatic heterocycles. The van der Waals surface area contributed by atoms with Crippen LogP contribution in [0.1, 0.15) is 17.5 Å².